The lowest BCUT2D eigenvalue weighted by Gasteiger charge is -2.28. The first-order valence-corrected chi connectivity index (χ1v) is 11.5. The number of benzene rings is 2. The molecule has 8 nitrogen and oxygen atoms in total. The van der Waals surface area contributed by atoms with E-state index in [1.54, 1.807) is 34.8 Å². The van der Waals surface area contributed by atoms with Crippen molar-refractivity contribution in [1.82, 2.24) is 24.8 Å². The first-order valence-electron chi connectivity index (χ1n) is 11.5. The van der Waals surface area contributed by atoms with Gasteiger partial charge in [-0.2, -0.15) is 4.98 Å². The number of aromatic nitrogens is 3. The van der Waals surface area contributed by atoms with Crippen molar-refractivity contribution < 1.29 is 9.90 Å². The van der Waals surface area contributed by atoms with Crippen LogP contribution in [-0.2, 0) is 0 Å². The van der Waals surface area contributed by atoms with Crippen LogP contribution in [0, 0.1) is 5.92 Å². The summed E-state index contributed by atoms with van der Waals surface area (Å²) in [6.07, 6.45) is 2.25. The van der Waals surface area contributed by atoms with Crippen molar-refractivity contribution >= 4 is 23.2 Å². The Morgan fingerprint density at radius 2 is 1.82 bits per heavy atom. The summed E-state index contributed by atoms with van der Waals surface area (Å²) < 4.78 is 1.74. The Labute approximate surface area is 198 Å². The molecule has 0 spiro atoms. The first kappa shape index (κ1) is 21.9. The molecule has 1 aliphatic heterocycles. The average molecular weight is 457 g/mol. The SMILES string of the molecule is CN1CCC(CNC(=O)c2ccc(Nc3nc4cccc(-c5cccc(O)c5)n4n3)cc2)CC1. The third kappa shape index (κ3) is 4.87. The number of nitrogens with one attached hydrogen (secondary N) is 2. The molecule has 3 N–H and O–H groups in total. The summed E-state index contributed by atoms with van der Waals surface area (Å²) in [5.74, 6) is 1.15. The summed E-state index contributed by atoms with van der Waals surface area (Å²) in [6.45, 7) is 2.90. The van der Waals surface area contributed by atoms with E-state index >= 15 is 0 Å². The second-order valence-electron chi connectivity index (χ2n) is 8.83. The predicted molar refractivity (Wildman–Crippen MR) is 132 cm³/mol. The van der Waals surface area contributed by atoms with Gasteiger partial charge in [-0.25, -0.2) is 4.52 Å². The molecule has 2 aromatic carbocycles. The lowest BCUT2D eigenvalue weighted by Crippen LogP contribution is -2.36. The number of rotatable bonds is 6. The summed E-state index contributed by atoms with van der Waals surface area (Å²) in [7, 11) is 2.14. The van der Waals surface area contributed by atoms with Gasteiger partial charge in [0.2, 0.25) is 5.95 Å². The van der Waals surface area contributed by atoms with Gasteiger partial charge in [0.25, 0.3) is 5.91 Å². The third-order valence-corrected chi connectivity index (χ3v) is 6.29. The molecule has 0 radical (unpaired) electrons. The standard InChI is InChI=1S/C26H28N6O2/c1-31-14-12-18(13-15-31)17-27-25(34)19-8-10-21(11-9-19)28-26-29-24-7-3-6-23(32(24)30-26)20-4-2-5-22(33)16-20/h2-11,16,18,33H,12-15,17H2,1H3,(H,27,34)(H,28,30). The Balaban J connectivity index is 1.25. The van der Waals surface area contributed by atoms with Crippen molar-refractivity contribution in [2.45, 2.75) is 12.8 Å². The molecule has 174 valence electrons. The zero-order chi connectivity index (χ0) is 23.5. The van der Waals surface area contributed by atoms with Gasteiger partial charge in [0.05, 0.1) is 5.69 Å². The fraction of sp³-hybridized carbons (Fsp3) is 0.269. The molecule has 0 atom stereocenters. The van der Waals surface area contributed by atoms with E-state index in [1.165, 1.54) is 0 Å². The number of amides is 1. The molecule has 1 amide bonds. The minimum absolute atomic E-state index is 0.0490. The summed E-state index contributed by atoms with van der Waals surface area (Å²) in [6, 6.07) is 20.1. The largest absolute Gasteiger partial charge is 0.508 e. The highest BCUT2D eigenvalue weighted by atomic mass is 16.3. The van der Waals surface area contributed by atoms with E-state index in [0.717, 1.165) is 49.4 Å². The molecule has 5 rings (SSSR count). The van der Waals surface area contributed by atoms with Crippen LogP contribution in [0.2, 0.25) is 0 Å². The first-order chi connectivity index (χ1) is 16.5. The molecule has 34 heavy (non-hydrogen) atoms. The molecule has 0 bridgehead atoms. The van der Waals surface area contributed by atoms with E-state index in [2.05, 4.69) is 32.7 Å². The van der Waals surface area contributed by atoms with Crippen LogP contribution in [0.25, 0.3) is 16.9 Å². The van der Waals surface area contributed by atoms with Crippen molar-refractivity contribution in [3.63, 3.8) is 0 Å². The lowest BCUT2D eigenvalue weighted by molar-refractivity contribution is 0.0939. The number of pyridine rings is 1. The van der Waals surface area contributed by atoms with Crippen LogP contribution in [0.5, 0.6) is 5.75 Å². The van der Waals surface area contributed by atoms with E-state index in [1.807, 2.05) is 36.4 Å². The molecule has 8 heteroatoms. The summed E-state index contributed by atoms with van der Waals surface area (Å²) in [5, 5.41) is 20.7. The lowest BCUT2D eigenvalue weighted by atomic mass is 9.97. The highest BCUT2D eigenvalue weighted by Gasteiger charge is 2.17. The van der Waals surface area contributed by atoms with Crippen molar-refractivity contribution in [2.24, 2.45) is 5.92 Å². The van der Waals surface area contributed by atoms with Gasteiger partial charge < -0.3 is 20.6 Å². The van der Waals surface area contributed by atoms with E-state index in [-0.39, 0.29) is 11.7 Å². The van der Waals surface area contributed by atoms with Crippen LogP contribution in [0.15, 0.2) is 66.7 Å². The van der Waals surface area contributed by atoms with Crippen molar-refractivity contribution in [1.29, 1.82) is 0 Å². The number of hydrogen-bond donors (Lipinski definition) is 3. The van der Waals surface area contributed by atoms with Gasteiger partial charge in [-0.05, 0) is 87.4 Å². The molecular formula is C26H28N6O2. The van der Waals surface area contributed by atoms with Crippen LogP contribution in [0.3, 0.4) is 0 Å². The Bertz CT molecular complexity index is 1290. The molecule has 0 saturated carbocycles. The van der Waals surface area contributed by atoms with Gasteiger partial charge in [-0.3, -0.25) is 4.79 Å². The van der Waals surface area contributed by atoms with Crippen LogP contribution >= 0.6 is 0 Å². The second-order valence-corrected chi connectivity index (χ2v) is 8.83. The number of phenols is 1. The molecule has 0 unspecified atom stereocenters. The Hall–Kier alpha value is -3.91. The Kier molecular flexibility index (Phi) is 6.14. The number of anilines is 2. The summed E-state index contributed by atoms with van der Waals surface area (Å²) >= 11 is 0. The van der Waals surface area contributed by atoms with E-state index < -0.39 is 0 Å². The molecule has 4 aromatic rings. The van der Waals surface area contributed by atoms with Gasteiger partial charge >= 0.3 is 0 Å². The number of nitrogens with zero attached hydrogens (tertiary/aromatic N) is 4. The van der Waals surface area contributed by atoms with Gasteiger partial charge in [0.1, 0.15) is 5.75 Å². The number of likely N-dealkylation sites (tertiary alicyclic amines) is 1. The highest BCUT2D eigenvalue weighted by molar-refractivity contribution is 5.94. The zero-order valence-electron chi connectivity index (χ0n) is 19.1. The maximum absolute atomic E-state index is 12.5. The number of phenolic OH excluding ortho intramolecular Hbond substituents is 1. The number of fused-ring (bicyclic) bond motifs is 1. The molecule has 1 fully saturated rings. The quantitative estimate of drug-likeness (QED) is 0.407. The number of hydrogen-bond acceptors (Lipinski definition) is 6. The Morgan fingerprint density at radius 1 is 1.06 bits per heavy atom. The van der Waals surface area contributed by atoms with E-state index in [9.17, 15) is 9.90 Å². The normalized spacial score (nSPS) is 14.9. The average Bonchev–Trinajstić information content (AvgIpc) is 3.26. The van der Waals surface area contributed by atoms with Gasteiger partial charge in [-0.15, -0.1) is 5.10 Å². The molecule has 0 aliphatic carbocycles. The second kappa shape index (κ2) is 9.52. The van der Waals surface area contributed by atoms with Crippen molar-refractivity contribution in [2.75, 3.05) is 32.0 Å². The van der Waals surface area contributed by atoms with Gasteiger partial charge in [-0.1, -0.05) is 18.2 Å². The molecule has 2 aromatic heterocycles. The maximum Gasteiger partial charge on any atom is 0.251 e. The van der Waals surface area contributed by atoms with Gasteiger partial charge in [0, 0.05) is 23.4 Å². The monoisotopic (exact) mass is 456 g/mol. The zero-order valence-corrected chi connectivity index (χ0v) is 19.1. The minimum Gasteiger partial charge on any atom is -0.508 e. The van der Waals surface area contributed by atoms with Crippen LogP contribution in [-0.4, -0.2) is 57.2 Å². The number of carbonyl (C=O) groups is 1. The van der Waals surface area contributed by atoms with Crippen molar-refractivity contribution in [3.8, 4) is 17.0 Å². The fourth-order valence-electron chi connectivity index (χ4n) is 4.28. The van der Waals surface area contributed by atoms with Crippen molar-refractivity contribution in [3.05, 3.63) is 72.3 Å². The molecule has 1 aliphatic rings. The number of piperidine rings is 1. The topological polar surface area (TPSA) is 94.8 Å². The highest BCUT2D eigenvalue weighted by Crippen LogP contribution is 2.25. The van der Waals surface area contributed by atoms with Gasteiger partial charge in [0.15, 0.2) is 5.65 Å². The molecule has 1 saturated heterocycles. The fourth-order valence-corrected chi connectivity index (χ4v) is 4.28. The summed E-state index contributed by atoms with van der Waals surface area (Å²) in [5.41, 5.74) is 3.78. The predicted octanol–water partition coefficient (Wildman–Crippen LogP) is 3.92. The smallest absolute Gasteiger partial charge is 0.251 e. The van der Waals surface area contributed by atoms with E-state index in [4.69, 9.17) is 0 Å². The van der Waals surface area contributed by atoms with Crippen LogP contribution < -0.4 is 10.6 Å². The minimum atomic E-state index is -0.0490. The Morgan fingerprint density at radius 3 is 2.59 bits per heavy atom. The molecule has 3 heterocycles. The van der Waals surface area contributed by atoms with Crippen LogP contribution in [0.4, 0.5) is 11.6 Å². The molecular weight excluding hydrogens is 428 g/mol. The maximum atomic E-state index is 12.5. The number of carbonyl (C=O) groups excluding carboxylic acids is 1. The van der Waals surface area contributed by atoms with E-state index in [0.29, 0.717) is 23.1 Å². The van der Waals surface area contributed by atoms with Crippen LogP contribution in [0.1, 0.15) is 23.2 Å². The third-order valence-electron chi connectivity index (χ3n) is 6.29. The summed E-state index contributed by atoms with van der Waals surface area (Å²) in [4.78, 5) is 19.4. The number of aromatic hydroxyl groups is 1.